The highest BCUT2D eigenvalue weighted by Gasteiger charge is 2.18. The number of hydrogen-bond donors (Lipinski definition) is 0. The number of benzene rings is 2. The number of fused-ring (bicyclic) bond motifs is 1. The molecule has 1 fully saturated rings. The van der Waals surface area contributed by atoms with Crippen molar-refractivity contribution in [1.82, 2.24) is 19.9 Å². The van der Waals surface area contributed by atoms with Crippen LogP contribution in [-0.2, 0) is 6.67 Å². The first-order chi connectivity index (χ1) is 11.3. The lowest BCUT2D eigenvalue weighted by molar-refractivity contribution is 0.197. The number of halogens is 1. The topological polar surface area (TPSA) is 37.2 Å². The zero-order valence-electron chi connectivity index (χ0n) is 12.8. The number of nitrogens with zero attached hydrogens (tertiary/aromatic N) is 5. The average molecular weight is 311 g/mol. The van der Waals surface area contributed by atoms with Crippen molar-refractivity contribution >= 4 is 16.7 Å². The monoisotopic (exact) mass is 311 g/mol. The summed E-state index contributed by atoms with van der Waals surface area (Å²) in [6, 6.07) is 14.7. The quantitative estimate of drug-likeness (QED) is 0.744. The van der Waals surface area contributed by atoms with E-state index in [1.807, 2.05) is 41.1 Å². The van der Waals surface area contributed by atoms with Crippen molar-refractivity contribution in [2.75, 3.05) is 31.1 Å². The molecule has 23 heavy (non-hydrogen) atoms. The lowest BCUT2D eigenvalue weighted by atomic mass is 10.2. The van der Waals surface area contributed by atoms with E-state index >= 15 is 0 Å². The number of aromatic nitrogens is 3. The van der Waals surface area contributed by atoms with Crippen LogP contribution in [0.1, 0.15) is 0 Å². The predicted molar refractivity (Wildman–Crippen MR) is 87.7 cm³/mol. The van der Waals surface area contributed by atoms with Crippen LogP contribution < -0.4 is 4.90 Å². The van der Waals surface area contributed by atoms with Crippen LogP contribution in [0.2, 0.25) is 0 Å². The Bertz CT molecular complexity index is 790. The molecule has 118 valence electrons. The van der Waals surface area contributed by atoms with Crippen LogP contribution in [0.5, 0.6) is 0 Å². The standard InChI is InChI=1S/C17H18FN5/c18-14-5-7-15(8-6-14)22-11-9-21(10-12-22)13-23-17-4-2-1-3-16(17)19-20-23/h1-8H,9-13H2. The fourth-order valence-electron chi connectivity index (χ4n) is 3.01. The largest absolute Gasteiger partial charge is 0.369 e. The molecule has 0 aliphatic carbocycles. The van der Waals surface area contributed by atoms with Crippen molar-refractivity contribution < 1.29 is 4.39 Å². The van der Waals surface area contributed by atoms with Crippen LogP contribution >= 0.6 is 0 Å². The molecule has 5 nitrogen and oxygen atoms in total. The molecule has 2 aromatic carbocycles. The van der Waals surface area contributed by atoms with Gasteiger partial charge in [0.25, 0.3) is 0 Å². The lowest BCUT2D eigenvalue weighted by Crippen LogP contribution is -2.46. The molecular weight excluding hydrogens is 293 g/mol. The second-order valence-electron chi connectivity index (χ2n) is 5.80. The summed E-state index contributed by atoms with van der Waals surface area (Å²) in [7, 11) is 0. The summed E-state index contributed by atoms with van der Waals surface area (Å²) < 4.78 is 15.0. The Balaban J connectivity index is 1.41. The molecule has 0 radical (unpaired) electrons. The zero-order valence-corrected chi connectivity index (χ0v) is 12.8. The van der Waals surface area contributed by atoms with E-state index in [1.54, 1.807) is 0 Å². The molecule has 1 aliphatic heterocycles. The van der Waals surface area contributed by atoms with E-state index in [1.165, 1.54) is 12.1 Å². The third kappa shape index (κ3) is 2.90. The summed E-state index contributed by atoms with van der Waals surface area (Å²) in [6.45, 7) is 4.51. The van der Waals surface area contributed by atoms with Crippen molar-refractivity contribution in [3.05, 3.63) is 54.3 Å². The number of anilines is 1. The molecule has 0 saturated carbocycles. The summed E-state index contributed by atoms with van der Waals surface area (Å²) in [5.74, 6) is -0.189. The van der Waals surface area contributed by atoms with Gasteiger partial charge in [0.05, 0.1) is 12.2 Å². The van der Waals surface area contributed by atoms with Gasteiger partial charge in [-0.15, -0.1) is 5.10 Å². The zero-order chi connectivity index (χ0) is 15.6. The molecule has 1 saturated heterocycles. The van der Waals surface area contributed by atoms with Gasteiger partial charge in [0.1, 0.15) is 11.3 Å². The van der Waals surface area contributed by atoms with Crippen molar-refractivity contribution in [3.63, 3.8) is 0 Å². The first-order valence-corrected chi connectivity index (χ1v) is 7.81. The van der Waals surface area contributed by atoms with E-state index in [0.29, 0.717) is 0 Å². The van der Waals surface area contributed by atoms with Gasteiger partial charge in [0, 0.05) is 31.9 Å². The molecule has 0 unspecified atom stereocenters. The molecule has 0 amide bonds. The minimum absolute atomic E-state index is 0.189. The summed E-state index contributed by atoms with van der Waals surface area (Å²) in [6.07, 6.45) is 0. The second kappa shape index (κ2) is 5.96. The Morgan fingerprint density at radius 3 is 2.43 bits per heavy atom. The van der Waals surface area contributed by atoms with E-state index < -0.39 is 0 Å². The smallest absolute Gasteiger partial charge is 0.123 e. The van der Waals surface area contributed by atoms with Crippen LogP contribution in [0.3, 0.4) is 0 Å². The van der Waals surface area contributed by atoms with E-state index in [0.717, 1.165) is 49.6 Å². The van der Waals surface area contributed by atoms with Crippen molar-refractivity contribution in [2.45, 2.75) is 6.67 Å². The molecule has 0 atom stereocenters. The van der Waals surface area contributed by atoms with Gasteiger partial charge in [-0.05, 0) is 36.4 Å². The predicted octanol–water partition coefficient (Wildman–Crippen LogP) is 2.35. The van der Waals surface area contributed by atoms with Gasteiger partial charge in [-0.2, -0.15) is 0 Å². The van der Waals surface area contributed by atoms with Crippen molar-refractivity contribution in [1.29, 1.82) is 0 Å². The normalized spacial score (nSPS) is 16.1. The first kappa shape index (κ1) is 14.1. The highest BCUT2D eigenvalue weighted by molar-refractivity contribution is 5.73. The number of hydrogen-bond acceptors (Lipinski definition) is 4. The Kier molecular flexibility index (Phi) is 3.67. The summed E-state index contributed by atoms with van der Waals surface area (Å²) >= 11 is 0. The summed E-state index contributed by atoms with van der Waals surface area (Å²) in [5.41, 5.74) is 3.07. The second-order valence-corrected chi connectivity index (χ2v) is 5.80. The number of para-hydroxylation sites is 1. The molecule has 3 aromatic rings. The fraction of sp³-hybridized carbons (Fsp3) is 0.294. The lowest BCUT2D eigenvalue weighted by Gasteiger charge is -2.35. The van der Waals surface area contributed by atoms with Crippen LogP contribution in [0, 0.1) is 5.82 Å². The molecule has 1 aliphatic rings. The van der Waals surface area contributed by atoms with Gasteiger partial charge in [-0.3, -0.25) is 4.90 Å². The molecular formula is C17H18FN5. The Labute approximate surface area is 133 Å². The third-order valence-electron chi connectivity index (χ3n) is 4.32. The maximum Gasteiger partial charge on any atom is 0.123 e. The van der Waals surface area contributed by atoms with Crippen LogP contribution in [0.15, 0.2) is 48.5 Å². The molecule has 4 rings (SSSR count). The van der Waals surface area contributed by atoms with Crippen LogP contribution in [0.25, 0.3) is 11.0 Å². The van der Waals surface area contributed by atoms with Gasteiger partial charge in [0.2, 0.25) is 0 Å². The minimum atomic E-state index is -0.189. The number of piperazine rings is 1. The maximum atomic E-state index is 13.0. The Morgan fingerprint density at radius 2 is 1.65 bits per heavy atom. The minimum Gasteiger partial charge on any atom is -0.369 e. The van der Waals surface area contributed by atoms with Crippen molar-refractivity contribution in [2.24, 2.45) is 0 Å². The van der Waals surface area contributed by atoms with E-state index in [9.17, 15) is 4.39 Å². The van der Waals surface area contributed by atoms with Gasteiger partial charge in [-0.25, -0.2) is 9.07 Å². The van der Waals surface area contributed by atoms with E-state index in [-0.39, 0.29) is 5.82 Å². The van der Waals surface area contributed by atoms with Crippen LogP contribution in [0.4, 0.5) is 10.1 Å². The Morgan fingerprint density at radius 1 is 0.913 bits per heavy atom. The van der Waals surface area contributed by atoms with E-state index in [2.05, 4.69) is 20.1 Å². The highest BCUT2D eigenvalue weighted by atomic mass is 19.1. The molecule has 1 aromatic heterocycles. The summed E-state index contributed by atoms with van der Waals surface area (Å²) in [4.78, 5) is 4.65. The Hall–Kier alpha value is -2.47. The van der Waals surface area contributed by atoms with Gasteiger partial charge in [0.15, 0.2) is 0 Å². The maximum absolute atomic E-state index is 13.0. The third-order valence-corrected chi connectivity index (χ3v) is 4.32. The molecule has 0 bridgehead atoms. The molecule has 0 spiro atoms. The van der Waals surface area contributed by atoms with Crippen LogP contribution in [-0.4, -0.2) is 46.1 Å². The summed E-state index contributed by atoms with van der Waals surface area (Å²) in [5, 5.41) is 8.44. The van der Waals surface area contributed by atoms with Gasteiger partial charge in [-0.1, -0.05) is 17.3 Å². The number of rotatable bonds is 3. The average Bonchev–Trinajstić information content (AvgIpc) is 3.00. The van der Waals surface area contributed by atoms with Gasteiger partial charge < -0.3 is 4.90 Å². The molecule has 0 N–H and O–H groups in total. The van der Waals surface area contributed by atoms with Gasteiger partial charge >= 0.3 is 0 Å². The van der Waals surface area contributed by atoms with Crippen molar-refractivity contribution in [3.8, 4) is 0 Å². The molecule has 2 heterocycles. The highest BCUT2D eigenvalue weighted by Crippen LogP contribution is 2.17. The SMILES string of the molecule is Fc1ccc(N2CCN(Cn3nnc4ccccc43)CC2)cc1. The fourth-order valence-corrected chi connectivity index (χ4v) is 3.01. The van der Waals surface area contributed by atoms with E-state index in [4.69, 9.17) is 0 Å². The first-order valence-electron chi connectivity index (χ1n) is 7.81. The molecule has 6 heteroatoms.